The number of amides is 2. The van der Waals surface area contributed by atoms with Gasteiger partial charge in [0.1, 0.15) is 5.82 Å². The van der Waals surface area contributed by atoms with Crippen LogP contribution in [-0.4, -0.2) is 43.1 Å². The molecule has 0 atom stereocenters. The minimum atomic E-state index is -0.396. The molecule has 0 radical (unpaired) electrons. The van der Waals surface area contributed by atoms with Gasteiger partial charge in [0.15, 0.2) is 0 Å². The standard InChI is InChI=1S/C24H26N4O3/c29-22(17-3-1-8-25-21(17)28-9-11-31-12-10-28)26-16-13-18(15-4-5-15)20-19(14-16)24(6-2-7-24)23(30)27-20/h1,3,8,13-15H,2,4-7,9-12H2,(H,26,29)(H,27,30). The third-order valence-corrected chi connectivity index (χ3v) is 7.18. The van der Waals surface area contributed by atoms with Crippen molar-refractivity contribution in [2.45, 2.75) is 43.4 Å². The normalized spacial score (nSPS) is 21.4. The number of pyridine rings is 1. The summed E-state index contributed by atoms with van der Waals surface area (Å²) in [6.45, 7) is 2.71. The number of nitrogens with zero attached hydrogens (tertiary/aromatic N) is 2. The highest BCUT2D eigenvalue weighted by molar-refractivity contribution is 6.10. The van der Waals surface area contributed by atoms with Gasteiger partial charge in [-0.15, -0.1) is 0 Å². The Morgan fingerprint density at radius 2 is 2.03 bits per heavy atom. The van der Waals surface area contributed by atoms with Crippen molar-refractivity contribution in [2.75, 3.05) is 41.8 Å². The Hall–Kier alpha value is -2.93. The Bertz CT molecular complexity index is 1070. The maximum Gasteiger partial charge on any atom is 0.259 e. The summed E-state index contributed by atoms with van der Waals surface area (Å²) in [7, 11) is 0. The van der Waals surface area contributed by atoms with Gasteiger partial charge in [-0.05, 0) is 67.0 Å². The molecule has 2 aliphatic carbocycles. The second-order valence-corrected chi connectivity index (χ2v) is 9.08. The van der Waals surface area contributed by atoms with E-state index in [0.29, 0.717) is 30.5 Å². The number of fused-ring (bicyclic) bond motifs is 2. The van der Waals surface area contributed by atoms with Crippen LogP contribution in [0, 0.1) is 0 Å². The van der Waals surface area contributed by atoms with Crippen molar-refractivity contribution >= 4 is 29.0 Å². The molecule has 0 unspecified atom stereocenters. The highest BCUT2D eigenvalue weighted by Gasteiger charge is 2.52. The van der Waals surface area contributed by atoms with E-state index in [1.54, 1.807) is 12.3 Å². The summed E-state index contributed by atoms with van der Waals surface area (Å²) in [6, 6.07) is 7.68. The lowest BCUT2D eigenvalue weighted by atomic mass is 9.65. The number of ether oxygens (including phenoxy) is 1. The molecule has 7 nitrogen and oxygen atoms in total. The lowest BCUT2D eigenvalue weighted by Crippen LogP contribution is -2.40. The number of nitrogens with one attached hydrogen (secondary N) is 2. The number of carbonyl (C=O) groups is 2. The average molecular weight is 418 g/mol. The molecule has 1 aromatic heterocycles. The molecule has 2 aliphatic heterocycles. The molecule has 3 heterocycles. The van der Waals surface area contributed by atoms with Gasteiger partial charge in [-0.2, -0.15) is 0 Å². The molecule has 1 aromatic carbocycles. The van der Waals surface area contributed by atoms with Crippen LogP contribution in [0.3, 0.4) is 0 Å². The van der Waals surface area contributed by atoms with E-state index in [9.17, 15) is 9.59 Å². The predicted molar refractivity (Wildman–Crippen MR) is 118 cm³/mol. The fraction of sp³-hybridized carbons (Fsp3) is 0.458. The Kier molecular flexibility index (Phi) is 4.28. The molecule has 7 heteroatoms. The van der Waals surface area contributed by atoms with E-state index in [1.807, 2.05) is 12.1 Å². The van der Waals surface area contributed by atoms with Crippen LogP contribution in [0.1, 0.15) is 59.5 Å². The molecule has 2 N–H and O–H groups in total. The van der Waals surface area contributed by atoms with Crippen molar-refractivity contribution in [1.82, 2.24) is 4.98 Å². The number of carbonyl (C=O) groups excluding carboxylic acids is 2. The largest absolute Gasteiger partial charge is 0.378 e. The summed E-state index contributed by atoms with van der Waals surface area (Å²) in [6.07, 6.45) is 6.84. The maximum absolute atomic E-state index is 13.3. The molecule has 2 amide bonds. The third-order valence-electron chi connectivity index (χ3n) is 7.18. The smallest absolute Gasteiger partial charge is 0.259 e. The summed E-state index contributed by atoms with van der Waals surface area (Å²) >= 11 is 0. The summed E-state index contributed by atoms with van der Waals surface area (Å²) in [4.78, 5) is 32.7. The Morgan fingerprint density at radius 1 is 1.23 bits per heavy atom. The molecular formula is C24H26N4O3. The van der Waals surface area contributed by atoms with Crippen molar-refractivity contribution in [3.63, 3.8) is 0 Å². The van der Waals surface area contributed by atoms with Gasteiger partial charge in [0.2, 0.25) is 5.91 Å². The molecule has 2 saturated carbocycles. The molecule has 31 heavy (non-hydrogen) atoms. The zero-order valence-corrected chi connectivity index (χ0v) is 17.4. The molecule has 1 spiro atoms. The molecule has 0 bridgehead atoms. The van der Waals surface area contributed by atoms with Gasteiger partial charge >= 0.3 is 0 Å². The van der Waals surface area contributed by atoms with Gasteiger partial charge in [0, 0.05) is 30.7 Å². The lowest BCUT2D eigenvalue weighted by Gasteiger charge is -2.36. The first-order valence-electron chi connectivity index (χ1n) is 11.2. The van der Waals surface area contributed by atoms with Gasteiger partial charge < -0.3 is 20.3 Å². The number of rotatable bonds is 4. The van der Waals surface area contributed by atoms with Crippen LogP contribution >= 0.6 is 0 Å². The first-order valence-corrected chi connectivity index (χ1v) is 11.2. The van der Waals surface area contributed by atoms with Crippen LogP contribution in [-0.2, 0) is 14.9 Å². The van der Waals surface area contributed by atoms with E-state index >= 15 is 0 Å². The minimum Gasteiger partial charge on any atom is -0.378 e. The van der Waals surface area contributed by atoms with E-state index < -0.39 is 5.41 Å². The van der Waals surface area contributed by atoms with Crippen LogP contribution in [0.25, 0.3) is 0 Å². The van der Waals surface area contributed by atoms with Gasteiger partial charge in [-0.25, -0.2) is 4.98 Å². The zero-order valence-electron chi connectivity index (χ0n) is 17.4. The Labute approximate surface area is 181 Å². The van der Waals surface area contributed by atoms with Crippen LogP contribution in [0.2, 0.25) is 0 Å². The average Bonchev–Trinajstić information content (AvgIpc) is 3.56. The zero-order chi connectivity index (χ0) is 21.0. The lowest BCUT2D eigenvalue weighted by molar-refractivity contribution is -0.123. The summed E-state index contributed by atoms with van der Waals surface area (Å²) in [5.41, 5.74) is 4.18. The number of anilines is 3. The Balaban J connectivity index is 1.34. The highest BCUT2D eigenvalue weighted by Crippen LogP contribution is 2.56. The molecule has 3 fully saturated rings. The highest BCUT2D eigenvalue weighted by atomic mass is 16.5. The van der Waals surface area contributed by atoms with Gasteiger partial charge in [0.05, 0.1) is 24.2 Å². The van der Waals surface area contributed by atoms with Crippen molar-refractivity contribution in [3.8, 4) is 0 Å². The third kappa shape index (κ3) is 3.02. The topological polar surface area (TPSA) is 83.6 Å². The molecule has 160 valence electrons. The summed E-state index contributed by atoms with van der Waals surface area (Å²) in [5, 5.41) is 6.28. The van der Waals surface area contributed by atoms with Crippen LogP contribution < -0.4 is 15.5 Å². The number of morpholine rings is 1. The quantitative estimate of drug-likeness (QED) is 0.795. The minimum absolute atomic E-state index is 0.126. The van der Waals surface area contributed by atoms with E-state index in [-0.39, 0.29) is 11.8 Å². The first kappa shape index (κ1) is 18.8. The molecule has 2 aromatic rings. The van der Waals surface area contributed by atoms with Crippen LogP contribution in [0.15, 0.2) is 30.5 Å². The van der Waals surface area contributed by atoms with Gasteiger partial charge in [-0.1, -0.05) is 6.42 Å². The number of aromatic nitrogens is 1. The van der Waals surface area contributed by atoms with Crippen LogP contribution in [0.5, 0.6) is 0 Å². The number of benzene rings is 1. The van der Waals surface area contributed by atoms with Crippen molar-refractivity contribution in [3.05, 3.63) is 47.2 Å². The molecule has 1 saturated heterocycles. The van der Waals surface area contributed by atoms with Crippen molar-refractivity contribution < 1.29 is 14.3 Å². The van der Waals surface area contributed by atoms with Crippen LogP contribution in [0.4, 0.5) is 17.2 Å². The molecule has 6 rings (SSSR count). The number of hydrogen-bond donors (Lipinski definition) is 2. The predicted octanol–water partition coefficient (Wildman–Crippen LogP) is 3.42. The summed E-state index contributed by atoms with van der Waals surface area (Å²) < 4.78 is 5.44. The second-order valence-electron chi connectivity index (χ2n) is 9.08. The van der Waals surface area contributed by atoms with Crippen molar-refractivity contribution in [1.29, 1.82) is 0 Å². The van der Waals surface area contributed by atoms with Crippen molar-refractivity contribution in [2.24, 2.45) is 0 Å². The molecule has 4 aliphatic rings. The van der Waals surface area contributed by atoms with E-state index in [0.717, 1.165) is 62.1 Å². The van der Waals surface area contributed by atoms with Gasteiger partial charge in [0.25, 0.3) is 5.91 Å². The first-order chi connectivity index (χ1) is 15.2. The fourth-order valence-corrected chi connectivity index (χ4v) is 5.15. The fourth-order valence-electron chi connectivity index (χ4n) is 5.15. The SMILES string of the molecule is O=C(Nc1cc(C2CC2)c2c(c1)C1(CCC1)C(=O)N2)c1cccnc1N1CCOCC1. The van der Waals surface area contributed by atoms with E-state index in [2.05, 4.69) is 26.6 Å². The van der Waals surface area contributed by atoms with E-state index in [4.69, 9.17) is 4.74 Å². The summed E-state index contributed by atoms with van der Waals surface area (Å²) in [5.74, 6) is 1.12. The monoisotopic (exact) mass is 418 g/mol. The van der Waals surface area contributed by atoms with Gasteiger partial charge in [-0.3, -0.25) is 9.59 Å². The Morgan fingerprint density at radius 3 is 2.74 bits per heavy atom. The second kappa shape index (κ2) is 7.05. The molecular weight excluding hydrogens is 392 g/mol. The van der Waals surface area contributed by atoms with E-state index in [1.165, 1.54) is 5.56 Å². The number of hydrogen-bond acceptors (Lipinski definition) is 5. The maximum atomic E-state index is 13.3.